The van der Waals surface area contributed by atoms with E-state index >= 15 is 0 Å². The van der Waals surface area contributed by atoms with Gasteiger partial charge < -0.3 is 9.84 Å². The van der Waals surface area contributed by atoms with Gasteiger partial charge in [0, 0.05) is 6.20 Å². The van der Waals surface area contributed by atoms with Gasteiger partial charge in [0.25, 0.3) is 5.88 Å². The molecule has 0 aliphatic carbocycles. The Balaban J connectivity index is 2.16. The zero-order chi connectivity index (χ0) is 16.1. The molecule has 4 nitrogen and oxygen atoms in total. The lowest BCUT2D eigenvalue weighted by atomic mass is 9.94. The van der Waals surface area contributed by atoms with Gasteiger partial charge in [-0.25, -0.2) is 14.2 Å². The van der Waals surface area contributed by atoms with Crippen molar-refractivity contribution in [1.29, 1.82) is 0 Å². The second kappa shape index (κ2) is 7.02. The minimum atomic E-state index is -1.23. The lowest BCUT2D eigenvalue weighted by Gasteiger charge is -2.13. The minimum Gasteiger partial charge on any atom is -0.478 e. The van der Waals surface area contributed by atoms with Gasteiger partial charge in [0.2, 0.25) is 0 Å². The summed E-state index contributed by atoms with van der Waals surface area (Å²) in [6.45, 7) is 4.28. The van der Waals surface area contributed by atoms with E-state index in [-0.39, 0.29) is 11.4 Å². The van der Waals surface area contributed by atoms with Crippen LogP contribution < -0.4 is 4.74 Å². The van der Waals surface area contributed by atoms with Crippen molar-refractivity contribution in [3.63, 3.8) is 0 Å². The predicted octanol–water partition coefficient (Wildman–Crippen LogP) is 4.61. The molecule has 1 aromatic heterocycles. The highest BCUT2D eigenvalue weighted by Gasteiger charge is 2.12. The van der Waals surface area contributed by atoms with E-state index in [1.807, 2.05) is 12.1 Å². The first-order valence-corrected chi connectivity index (χ1v) is 7.21. The number of hydrogen-bond acceptors (Lipinski definition) is 3. The Morgan fingerprint density at radius 3 is 2.41 bits per heavy atom. The lowest BCUT2D eigenvalue weighted by molar-refractivity contribution is 0.0695. The van der Waals surface area contributed by atoms with Crippen molar-refractivity contribution in [2.75, 3.05) is 0 Å². The van der Waals surface area contributed by atoms with Crippen LogP contribution in [0.15, 0.2) is 36.5 Å². The number of halogens is 1. The Hall–Kier alpha value is -2.43. The maximum absolute atomic E-state index is 13.8. The molecule has 0 radical (unpaired) electrons. The number of pyridine rings is 1. The van der Waals surface area contributed by atoms with Gasteiger partial charge in [-0.1, -0.05) is 26.0 Å². The molecule has 0 aliphatic rings. The fourth-order valence-electron chi connectivity index (χ4n) is 2.30. The van der Waals surface area contributed by atoms with Crippen LogP contribution in [0.5, 0.6) is 11.6 Å². The first-order chi connectivity index (χ1) is 10.5. The van der Waals surface area contributed by atoms with E-state index in [1.54, 1.807) is 12.1 Å². The average Bonchev–Trinajstić information content (AvgIpc) is 2.52. The molecule has 0 bridgehead atoms. The van der Waals surface area contributed by atoms with Crippen LogP contribution in [-0.4, -0.2) is 16.1 Å². The molecular weight excluding hydrogens is 285 g/mol. The number of ether oxygens (including phenoxy) is 1. The van der Waals surface area contributed by atoms with Gasteiger partial charge in [-0.3, -0.25) is 0 Å². The van der Waals surface area contributed by atoms with E-state index < -0.39 is 11.8 Å². The second-order valence-corrected chi connectivity index (χ2v) is 5.00. The summed E-state index contributed by atoms with van der Waals surface area (Å²) >= 11 is 0. The highest BCUT2D eigenvalue weighted by Crippen LogP contribution is 2.27. The van der Waals surface area contributed by atoms with Crippen molar-refractivity contribution in [2.45, 2.75) is 32.6 Å². The number of carboxylic acid groups (broad SMARTS) is 1. The molecule has 0 saturated carbocycles. The highest BCUT2D eigenvalue weighted by atomic mass is 19.1. The molecule has 1 N–H and O–H groups in total. The van der Waals surface area contributed by atoms with Crippen LogP contribution >= 0.6 is 0 Å². The van der Waals surface area contributed by atoms with Crippen LogP contribution in [0.4, 0.5) is 4.39 Å². The molecular formula is C17H18FNO3. The Kier molecular flexibility index (Phi) is 5.09. The van der Waals surface area contributed by atoms with Gasteiger partial charge in [0.15, 0.2) is 5.82 Å². The van der Waals surface area contributed by atoms with Gasteiger partial charge in [-0.2, -0.15) is 0 Å². The second-order valence-electron chi connectivity index (χ2n) is 5.00. The van der Waals surface area contributed by atoms with Crippen molar-refractivity contribution < 1.29 is 19.0 Å². The van der Waals surface area contributed by atoms with Crippen LogP contribution in [-0.2, 0) is 0 Å². The van der Waals surface area contributed by atoms with Crippen molar-refractivity contribution in [2.24, 2.45) is 0 Å². The third-order valence-corrected chi connectivity index (χ3v) is 3.61. The highest BCUT2D eigenvalue weighted by molar-refractivity contribution is 5.87. The molecule has 0 fully saturated rings. The number of aromatic carboxylic acids is 1. The SMILES string of the molecule is CCC(CC)c1ccc(Oc2ncc(C(=O)O)cc2F)cc1. The van der Waals surface area contributed by atoms with Crippen LogP contribution in [0.1, 0.15) is 48.5 Å². The van der Waals surface area contributed by atoms with Crippen molar-refractivity contribution in [1.82, 2.24) is 4.98 Å². The summed E-state index contributed by atoms with van der Waals surface area (Å²) in [6, 6.07) is 8.33. The molecule has 0 saturated heterocycles. The molecule has 5 heteroatoms. The molecule has 0 unspecified atom stereocenters. The number of rotatable bonds is 6. The normalized spacial score (nSPS) is 10.7. The Bertz CT molecular complexity index is 651. The van der Waals surface area contributed by atoms with E-state index in [2.05, 4.69) is 18.8 Å². The minimum absolute atomic E-state index is 0.214. The summed E-state index contributed by atoms with van der Waals surface area (Å²) in [5.74, 6) is -1.31. The number of nitrogens with zero attached hydrogens (tertiary/aromatic N) is 1. The van der Waals surface area contributed by atoms with E-state index in [4.69, 9.17) is 9.84 Å². The average molecular weight is 303 g/mol. The van der Waals surface area contributed by atoms with Gasteiger partial charge >= 0.3 is 5.97 Å². The fraction of sp³-hybridized carbons (Fsp3) is 0.294. The summed E-state index contributed by atoms with van der Waals surface area (Å²) in [6.07, 6.45) is 3.19. The molecule has 0 amide bonds. The summed E-state index contributed by atoms with van der Waals surface area (Å²) in [5.41, 5.74) is 1.00. The quantitative estimate of drug-likeness (QED) is 0.846. The molecule has 0 spiro atoms. The first-order valence-electron chi connectivity index (χ1n) is 7.21. The van der Waals surface area contributed by atoms with Gasteiger partial charge in [-0.15, -0.1) is 0 Å². The van der Waals surface area contributed by atoms with E-state index in [1.165, 1.54) is 5.56 Å². The number of hydrogen-bond donors (Lipinski definition) is 1. The third kappa shape index (κ3) is 3.61. The fourth-order valence-corrected chi connectivity index (χ4v) is 2.30. The molecule has 1 heterocycles. The summed E-state index contributed by atoms with van der Waals surface area (Å²) in [5, 5.41) is 8.77. The van der Waals surface area contributed by atoms with Crippen LogP contribution in [0.25, 0.3) is 0 Å². The molecule has 2 rings (SSSR count). The van der Waals surface area contributed by atoms with Gasteiger partial charge in [0.1, 0.15) is 5.75 Å². The molecule has 116 valence electrons. The van der Waals surface area contributed by atoms with Gasteiger partial charge in [-0.05, 0) is 42.5 Å². The number of aromatic nitrogens is 1. The molecule has 2 aromatic rings. The molecule has 1 aromatic carbocycles. The largest absolute Gasteiger partial charge is 0.478 e. The van der Waals surface area contributed by atoms with Crippen LogP contribution in [0.2, 0.25) is 0 Å². The molecule has 0 atom stereocenters. The van der Waals surface area contributed by atoms with Crippen molar-refractivity contribution >= 4 is 5.97 Å². The van der Waals surface area contributed by atoms with E-state index in [9.17, 15) is 9.18 Å². The number of carbonyl (C=O) groups is 1. The predicted molar refractivity (Wildman–Crippen MR) is 81.0 cm³/mol. The van der Waals surface area contributed by atoms with Crippen LogP contribution in [0, 0.1) is 5.82 Å². The zero-order valence-electron chi connectivity index (χ0n) is 12.5. The third-order valence-electron chi connectivity index (χ3n) is 3.61. The van der Waals surface area contributed by atoms with Crippen LogP contribution in [0.3, 0.4) is 0 Å². The molecule has 0 aliphatic heterocycles. The van der Waals surface area contributed by atoms with Crippen molar-refractivity contribution in [3.05, 3.63) is 53.5 Å². The Morgan fingerprint density at radius 2 is 1.91 bits per heavy atom. The Morgan fingerprint density at radius 1 is 1.27 bits per heavy atom. The topological polar surface area (TPSA) is 59.4 Å². The monoisotopic (exact) mass is 303 g/mol. The maximum atomic E-state index is 13.8. The number of carboxylic acids is 1. The summed E-state index contributed by atoms with van der Waals surface area (Å²) in [7, 11) is 0. The molecule has 22 heavy (non-hydrogen) atoms. The smallest absolute Gasteiger partial charge is 0.337 e. The summed E-state index contributed by atoms with van der Waals surface area (Å²) < 4.78 is 19.1. The maximum Gasteiger partial charge on any atom is 0.337 e. The lowest BCUT2D eigenvalue weighted by Crippen LogP contribution is -2.00. The number of benzene rings is 1. The van der Waals surface area contributed by atoms with Crippen molar-refractivity contribution in [3.8, 4) is 11.6 Å². The first kappa shape index (κ1) is 15.9. The van der Waals surface area contributed by atoms with E-state index in [0.29, 0.717) is 11.7 Å². The standard InChI is InChI=1S/C17H18FNO3/c1-3-11(4-2)12-5-7-14(8-6-12)22-16-15(18)9-13(10-19-16)17(20)21/h5-11H,3-4H2,1-2H3,(H,20,21). The van der Waals surface area contributed by atoms with E-state index in [0.717, 1.165) is 25.1 Å². The zero-order valence-corrected chi connectivity index (χ0v) is 12.5. The summed E-state index contributed by atoms with van der Waals surface area (Å²) in [4.78, 5) is 14.4. The van der Waals surface area contributed by atoms with Gasteiger partial charge in [0.05, 0.1) is 5.56 Å². The Labute approximate surface area is 128 Å².